The van der Waals surface area contributed by atoms with Crippen LogP contribution in [0.25, 0.3) is 0 Å². The van der Waals surface area contributed by atoms with Gasteiger partial charge in [-0.3, -0.25) is 4.90 Å². The third-order valence-corrected chi connectivity index (χ3v) is 4.77. The summed E-state index contributed by atoms with van der Waals surface area (Å²) in [5.41, 5.74) is -0.162. The van der Waals surface area contributed by atoms with Crippen molar-refractivity contribution in [3.8, 4) is 0 Å². The van der Waals surface area contributed by atoms with Crippen LogP contribution in [0.4, 0.5) is 0 Å². The van der Waals surface area contributed by atoms with Gasteiger partial charge >= 0.3 is 0 Å². The first-order valence-corrected chi connectivity index (χ1v) is 7.80. The largest absolute Gasteiger partial charge is 0.391 e. The third kappa shape index (κ3) is 2.88. The molecule has 0 saturated carbocycles. The molecule has 2 atom stereocenters. The summed E-state index contributed by atoms with van der Waals surface area (Å²) in [7, 11) is 0. The van der Waals surface area contributed by atoms with E-state index in [0.717, 1.165) is 25.3 Å². The fraction of sp³-hybridized carbons (Fsp3) is 0.867. The van der Waals surface area contributed by atoms with Crippen molar-refractivity contribution in [2.45, 2.75) is 71.1 Å². The van der Waals surface area contributed by atoms with Crippen LogP contribution >= 0.6 is 0 Å². The Balaban J connectivity index is 2.12. The molecule has 1 fully saturated rings. The van der Waals surface area contributed by atoms with E-state index in [9.17, 15) is 5.11 Å². The molecule has 0 radical (unpaired) electrons. The van der Waals surface area contributed by atoms with E-state index < -0.39 is 6.10 Å². The summed E-state index contributed by atoms with van der Waals surface area (Å²) >= 11 is 0. The van der Waals surface area contributed by atoms with Crippen LogP contribution in [-0.4, -0.2) is 49.5 Å². The molecule has 0 bridgehead atoms. The number of nitrogens with zero attached hydrogens (tertiary/aromatic N) is 4. The number of aliphatic hydroxyl groups excluding tert-OH is 1. The maximum absolute atomic E-state index is 10.8. The van der Waals surface area contributed by atoms with Gasteiger partial charge in [0.1, 0.15) is 12.2 Å². The van der Waals surface area contributed by atoms with E-state index in [4.69, 9.17) is 0 Å². The quantitative estimate of drug-likeness (QED) is 0.866. The van der Waals surface area contributed by atoms with Crippen molar-refractivity contribution in [1.82, 2.24) is 19.7 Å². The number of aromatic nitrogens is 3. The summed E-state index contributed by atoms with van der Waals surface area (Å²) in [6.07, 6.45) is 5.17. The Labute approximate surface area is 122 Å². The molecule has 1 N–H and O–H groups in total. The Morgan fingerprint density at radius 3 is 2.55 bits per heavy atom. The summed E-state index contributed by atoms with van der Waals surface area (Å²) in [6.45, 7) is 10.7. The monoisotopic (exact) mass is 280 g/mol. The molecule has 2 unspecified atom stereocenters. The predicted octanol–water partition coefficient (Wildman–Crippen LogP) is 2.03. The molecular formula is C15H28N4O. The van der Waals surface area contributed by atoms with Crippen molar-refractivity contribution < 1.29 is 5.11 Å². The second kappa shape index (κ2) is 6.22. The zero-order chi connectivity index (χ0) is 14.8. The summed E-state index contributed by atoms with van der Waals surface area (Å²) in [6, 6.07) is 0.277. The van der Waals surface area contributed by atoms with Crippen LogP contribution in [0.3, 0.4) is 0 Å². The highest BCUT2D eigenvalue weighted by atomic mass is 16.3. The molecule has 1 aliphatic heterocycles. The first kappa shape index (κ1) is 15.4. The lowest BCUT2D eigenvalue weighted by Gasteiger charge is -2.42. The molecule has 5 heteroatoms. The molecule has 1 aliphatic rings. The molecule has 5 nitrogen and oxygen atoms in total. The molecule has 1 aromatic heterocycles. The second-order valence-corrected chi connectivity index (χ2v) is 6.34. The van der Waals surface area contributed by atoms with Crippen LogP contribution in [0.5, 0.6) is 0 Å². The molecule has 20 heavy (non-hydrogen) atoms. The van der Waals surface area contributed by atoms with Gasteiger partial charge in [0.15, 0.2) is 0 Å². The molecular weight excluding hydrogens is 252 g/mol. The Morgan fingerprint density at radius 1 is 1.35 bits per heavy atom. The van der Waals surface area contributed by atoms with Gasteiger partial charge in [-0.25, -0.2) is 9.67 Å². The molecule has 1 aromatic rings. The molecule has 0 spiro atoms. The summed E-state index contributed by atoms with van der Waals surface area (Å²) in [4.78, 5) is 6.76. The van der Waals surface area contributed by atoms with Crippen LogP contribution in [0, 0.1) is 0 Å². The minimum Gasteiger partial charge on any atom is -0.391 e. The van der Waals surface area contributed by atoms with Crippen molar-refractivity contribution >= 4 is 0 Å². The molecule has 2 heterocycles. The Bertz CT molecular complexity index is 425. The van der Waals surface area contributed by atoms with Gasteiger partial charge in [0.05, 0.1) is 6.10 Å². The van der Waals surface area contributed by atoms with Gasteiger partial charge < -0.3 is 5.11 Å². The smallest absolute Gasteiger partial charge is 0.138 e. The Kier molecular flexibility index (Phi) is 4.81. The van der Waals surface area contributed by atoms with Gasteiger partial charge in [-0.1, -0.05) is 6.92 Å². The molecule has 0 amide bonds. The molecule has 1 saturated heterocycles. The zero-order valence-electron chi connectivity index (χ0n) is 13.2. The van der Waals surface area contributed by atoms with Crippen LogP contribution in [0.15, 0.2) is 6.33 Å². The predicted molar refractivity (Wildman–Crippen MR) is 79.6 cm³/mol. The average Bonchev–Trinajstić information content (AvgIpc) is 3.08. The van der Waals surface area contributed by atoms with Crippen LogP contribution in [-0.2, 0) is 6.42 Å². The van der Waals surface area contributed by atoms with Crippen molar-refractivity contribution in [2.24, 2.45) is 0 Å². The van der Waals surface area contributed by atoms with E-state index in [1.165, 1.54) is 12.8 Å². The number of aliphatic hydroxyl groups is 1. The zero-order valence-corrected chi connectivity index (χ0v) is 13.2. The maximum Gasteiger partial charge on any atom is 0.138 e. The Hall–Kier alpha value is -0.940. The second-order valence-electron chi connectivity index (χ2n) is 6.34. The van der Waals surface area contributed by atoms with E-state index in [1.807, 2.05) is 4.68 Å². The van der Waals surface area contributed by atoms with E-state index in [0.29, 0.717) is 6.42 Å². The van der Waals surface area contributed by atoms with Gasteiger partial charge in [0.2, 0.25) is 0 Å². The van der Waals surface area contributed by atoms with Crippen LogP contribution < -0.4 is 0 Å². The Morgan fingerprint density at radius 2 is 2.00 bits per heavy atom. The number of likely N-dealkylation sites (tertiary alicyclic amines) is 1. The number of hydrogen-bond acceptors (Lipinski definition) is 4. The van der Waals surface area contributed by atoms with Gasteiger partial charge in [-0.15, -0.1) is 0 Å². The van der Waals surface area contributed by atoms with Gasteiger partial charge in [-0.2, -0.15) is 5.10 Å². The van der Waals surface area contributed by atoms with Crippen molar-refractivity contribution in [3.63, 3.8) is 0 Å². The fourth-order valence-electron chi connectivity index (χ4n) is 3.14. The normalized spacial score (nSPS) is 21.3. The lowest BCUT2D eigenvalue weighted by molar-refractivity contribution is -0.0133. The summed E-state index contributed by atoms with van der Waals surface area (Å²) in [5.74, 6) is 0.881. The van der Waals surface area contributed by atoms with Crippen molar-refractivity contribution in [3.05, 3.63) is 12.2 Å². The molecule has 0 aromatic carbocycles. The van der Waals surface area contributed by atoms with Crippen LogP contribution in [0.2, 0.25) is 0 Å². The molecule has 0 aliphatic carbocycles. The van der Waals surface area contributed by atoms with Gasteiger partial charge in [-0.05, 0) is 53.1 Å². The minimum absolute atomic E-state index is 0.162. The minimum atomic E-state index is -0.410. The average molecular weight is 280 g/mol. The van der Waals surface area contributed by atoms with E-state index in [2.05, 4.69) is 42.7 Å². The van der Waals surface area contributed by atoms with Gasteiger partial charge in [0.25, 0.3) is 0 Å². The van der Waals surface area contributed by atoms with E-state index >= 15 is 0 Å². The number of rotatable bonds is 6. The van der Waals surface area contributed by atoms with Gasteiger partial charge in [0, 0.05) is 18.0 Å². The highest BCUT2D eigenvalue weighted by Crippen LogP contribution is 2.29. The molecule has 114 valence electrons. The van der Waals surface area contributed by atoms with E-state index in [1.54, 1.807) is 6.33 Å². The lowest BCUT2D eigenvalue weighted by atomic mass is 9.87. The van der Waals surface area contributed by atoms with Crippen molar-refractivity contribution in [1.29, 1.82) is 0 Å². The highest BCUT2D eigenvalue weighted by molar-refractivity contribution is 5.00. The van der Waals surface area contributed by atoms with Crippen LogP contribution in [0.1, 0.15) is 58.8 Å². The summed E-state index contributed by atoms with van der Waals surface area (Å²) in [5, 5.41) is 15.0. The number of hydrogen-bond donors (Lipinski definition) is 1. The van der Waals surface area contributed by atoms with Crippen molar-refractivity contribution in [2.75, 3.05) is 13.1 Å². The van der Waals surface area contributed by atoms with E-state index in [-0.39, 0.29) is 11.6 Å². The standard InChI is InChI=1S/C15H28N4O/c1-5-15(4,18-8-6-7-9-18)13(20)10-14-16-11-17-19(14)12(2)3/h11-13,20H,5-10H2,1-4H3. The summed E-state index contributed by atoms with van der Waals surface area (Å²) < 4.78 is 1.91. The topological polar surface area (TPSA) is 54.2 Å². The fourth-order valence-corrected chi connectivity index (χ4v) is 3.14. The first-order chi connectivity index (χ1) is 9.49. The molecule has 2 rings (SSSR count). The third-order valence-electron chi connectivity index (χ3n) is 4.77. The lowest BCUT2D eigenvalue weighted by Crippen LogP contribution is -2.54. The highest BCUT2D eigenvalue weighted by Gasteiger charge is 2.39. The first-order valence-electron chi connectivity index (χ1n) is 7.80. The SMILES string of the molecule is CCC(C)(C(O)Cc1ncnn1C(C)C)N1CCCC1. The maximum atomic E-state index is 10.8.